The number of ether oxygens (including phenoxy) is 1. The Morgan fingerprint density at radius 2 is 1.95 bits per heavy atom. The molecule has 1 spiro atoms. The van der Waals surface area contributed by atoms with Crippen molar-refractivity contribution in [2.75, 3.05) is 6.61 Å². The summed E-state index contributed by atoms with van der Waals surface area (Å²) in [6, 6.07) is 8.86. The molecule has 4 rings (SSSR count). The molecule has 1 aromatic carbocycles. The van der Waals surface area contributed by atoms with Gasteiger partial charge in [0, 0.05) is 12.1 Å². The molecule has 20 heavy (non-hydrogen) atoms. The molecule has 2 N–H and O–H groups in total. The molecule has 2 aliphatic carbocycles. The lowest BCUT2D eigenvalue weighted by Crippen LogP contribution is -2.54. The average molecular weight is 271 g/mol. The normalized spacial score (nSPS) is 35.4. The van der Waals surface area contributed by atoms with Gasteiger partial charge in [0.1, 0.15) is 0 Å². The molecule has 0 bridgehead atoms. The Morgan fingerprint density at radius 1 is 1.10 bits per heavy atom. The maximum Gasteiger partial charge on any atom is 0.0686 e. The Bertz CT molecular complexity index is 508. The monoisotopic (exact) mass is 271 g/mol. The van der Waals surface area contributed by atoms with Gasteiger partial charge in [-0.2, -0.15) is 0 Å². The fourth-order valence-electron chi connectivity index (χ4n) is 4.71. The van der Waals surface area contributed by atoms with Gasteiger partial charge in [0.2, 0.25) is 0 Å². The average Bonchev–Trinajstić information content (AvgIpc) is 2.46. The van der Waals surface area contributed by atoms with Crippen LogP contribution in [0.4, 0.5) is 0 Å². The fourth-order valence-corrected chi connectivity index (χ4v) is 4.71. The third-order valence-electron chi connectivity index (χ3n) is 6.04. The molecule has 1 saturated heterocycles. The van der Waals surface area contributed by atoms with Gasteiger partial charge in [-0.1, -0.05) is 24.3 Å². The highest BCUT2D eigenvalue weighted by Crippen LogP contribution is 2.50. The molecule has 2 nitrogen and oxygen atoms in total. The van der Waals surface area contributed by atoms with Crippen molar-refractivity contribution in [3.8, 4) is 0 Å². The quantitative estimate of drug-likeness (QED) is 0.848. The van der Waals surface area contributed by atoms with Crippen LogP contribution in [0, 0.1) is 5.92 Å². The minimum absolute atomic E-state index is 0.110. The van der Waals surface area contributed by atoms with Gasteiger partial charge in [0.05, 0.1) is 5.60 Å². The first kappa shape index (κ1) is 12.8. The van der Waals surface area contributed by atoms with E-state index in [4.69, 9.17) is 10.5 Å². The van der Waals surface area contributed by atoms with Crippen LogP contribution in [0.15, 0.2) is 24.3 Å². The van der Waals surface area contributed by atoms with Crippen molar-refractivity contribution < 1.29 is 4.74 Å². The van der Waals surface area contributed by atoms with E-state index in [0.29, 0.717) is 5.92 Å². The number of hydrogen-bond acceptors (Lipinski definition) is 2. The van der Waals surface area contributed by atoms with Crippen molar-refractivity contribution in [1.82, 2.24) is 0 Å². The van der Waals surface area contributed by atoms with Crippen LogP contribution in [0.5, 0.6) is 0 Å². The summed E-state index contributed by atoms with van der Waals surface area (Å²) in [5, 5.41) is 0. The van der Waals surface area contributed by atoms with E-state index in [-0.39, 0.29) is 11.1 Å². The molecule has 0 radical (unpaired) electrons. The Morgan fingerprint density at radius 3 is 2.75 bits per heavy atom. The Balaban J connectivity index is 1.67. The second-order valence-corrected chi connectivity index (χ2v) is 7.13. The van der Waals surface area contributed by atoms with Gasteiger partial charge in [0.15, 0.2) is 0 Å². The van der Waals surface area contributed by atoms with E-state index in [0.717, 1.165) is 19.4 Å². The molecule has 2 atom stereocenters. The molecule has 2 unspecified atom stereocenters. The lowest BCUT2D eigenvalue weighted by molar-refractivity contribution is -0.153. The number of benzene rings is 1. The first-order chi connectivity index (χ1) is 9.72. The molecule has 1 aromatic rings. The lowest BCUT2D eigenvalue weighted by Gasteiger charge is -2.52. The highest BCUT2D eigenvalue weighted by Gasteiger charge is 2.49. The fraction of sp³-hybridized carbons (Fsp3) is 0.667. The standard InChI is InChI=1S/C18H25NO/c19-18(11-3-6-14-5-1-2-7-16(14)18)15-8-12-20-17(13-15)9-4-10-17/h1-2,5,7,15H,3-4,6,8-13,19H2. The summed E-state index contributed by atoms with van der Waals surface area (Å²) in [5.74, 6) is 0.595. The Hall–Kier alpha value is -0.860. The van der Waals surface area contributed by atoms with E-state index < -0.39 is 0 Å². The summed E-state index contributed by atoms with van der Waals surface area (Å²) >= 11 is 0. The molecule has 1 heterocycles. The Kier molecular flexibility index (Phi) is 2.94. The van der Waals surface area contributed by atoms with Crippen LogP contribution in [0.2, 0.25) is 0 Å². The first-order valence-electron chi connectivity index (χ1n) is 8.23. The maximum atomic E-state index is 6.99. The molecular weight excluding hydrogens is 246 g/mol. The number of aryl methyl sites for hydroxylation is 1. The van der Waals surface area contributed by atoms with Crippen LogP contribution >= 0.6 is 0 Å². The third-order valence-corrected chi connectivity index (χ3v) is 6.04. The van der Waals surface area contributed by atoms with Gasteiger partial charge in [-0.15, -0.1) is 0 Å². The third kappa shape index (κ3) is 1.85. The zero-order chi connectivity index (χ0) is 13.6. The molecule has 1 saturated carbocycles. The van der Waals surface area contributed by atoms with E-state index >= 15 is 0 Å². The zero-order valence-electron chi connectivity index (χ0n) is 12.2. The van der Waals surface area contributed by atoms with Crippen LogP contribution in [0.1, 0.15) is 56.1 Å². The van der Waals surface area contributed by atoms with Gasteiger partial charge < -0.3 is 10.5 Å². The van der Waals surface area contributed by atoms with E-state index in [1.54, 1.807) is 0 Å². The van der Waals surface area contributed by atoms with Crippen molar-refractivity contribution in [2.24, 2.45) is 11.7 Å². The largest absolute Gasteiger partial charge is 0.375 e. The van der Waals surface area contributed by atoms with E-state index in [9.17, 15) is 0 Å². The van der Waals surface area contributed by atoms with Crippen LogP contribution in [-0.2, 0) is 16.7 Å². The molecule has 0 aromatic heterocycles. The number of rotatable bonds is 1. The maximum absolute atomic E-state index is 6.99. The summed E-state index contributed by atoms with van der Waals surface area (Å²) in [6.07, 6.45) is 9.72. The minimum atomic E-state index is -0.110. The van der Waals surface area contributed by atoms with Gasteiger partial charge in [-0.05, 0) is 68.4 Å². The van der Waals surface area contributed by atoms with Crippen molar-refractivity contribution in [2.45, 2.75) is 62.5 Å². The van der Waals surface area contributed by atoms with E-state index in [1.165, 1.54) is 49.7 Å². The van der Waals surface area contributed by atoms with Gasteiger partial charge in [-0.3, -0.25) is 0 Å². The van der Waals surface area contributed by atoms with Gasteiger partial charge >= 0.3 is 0 Å². The van der Waals surface area contributed by atoms with E-state index in [2.05, 4.69) is 24.3 Å². The second kappa shape index (κ2) is 4.57. The first-order valence-corrected chi connectivity index (χ1v) is 8.23. The van der Waals surface area contributed by atoms with Crippen LogP contribution < -0.4 is 5.73 Å². The van der Waals surface area contributed by atoms with Crippen molar-refractivity contribution in [1.29, 1.82) is 0 Å². The summed E-state index contributed by atoms with van der Waals surface area (Å²) in [6.45, 7) is 0.909. The minimum Gasteiger partial charge on any atom is -0.375 e. The molecule has 0 amide bonds. The molecule has 2 heteroatoms. The van der Waals surface area contributed by atoms with Gasteiger partial charge in [-0.25, -0.2) is 0 Å². The zero-order valence-corrected chi connectivity index (χ0v) is 12.2. The van der Waals surface area contributed by atoms with Crippen molar-refractivity contribution in [3.63, 3.8) is 0 Å². The predicted molar refractivity (Wildman–Crippen MR) is 80.5 cm³/mol. The van der Waals surface area contributed by atoms with Crippen LogP contribution in [0.3, 0.4) is 0 Å². The topological polar surface area (TPSA) is 35.2 Å². The molecule has 108 valence electrons. The molecular formula is C18H25NO. The number of nitrogens with two attached hydrogens (primary N) is 1. The highest BCUT2D eigenvalue weighted by molar-refractivity contribution is 5.36. The molecule has 3 aliphatic rings. The van der Waals surface area contributed by atoms with Gasteiger partial charge in [0.25, 0.3) is 0 Å². The smallest absolute Gasteiger partial charge is 0.0686 e. The van der Waals surface area contributed by atoms with Crippen LogP contribution in [-0.4, -0.2) is 12.2 Å². The highest BCUT2D eigenvalue weighted by atomic mass is 16.5. The predicted octanol–water partition coefficient (Wildman–Crippen LogP) is 3.53. The van der Waals surface area contributed by atoms with Crippen molar-refractivity contribution >= 4 is 0 Å². The molecule has 1 aliphatic heterocycles. The summed E-state index contributed by atoms with van der Waals surface area (Å²) in [7, 11) is 0. The number of hydrogen-bond donors (Lipinski definition) is 1. The summed E-state index contributed by atoms with van der Waals surface area (Å²) in [4.78, 5) is 0. The van der Waals surface area contributed by atoms with Crippen molar-refractivity contribution in [3.05, 3.63) is 35.4 Å². The van der Waals surface area contributed by atoms with Crippen LogP contribution in [0.25, 0.3) is 0 Å². The Labute approximate surface area is 121 Å². The second-order valence-electron chi connectivity index (χ2n) is 7.13. The summed E-state index contributed by atoms with van der Waals surface area (Å²) in [5.41, 5.74) is 9.98. The van der Waals surface area contributed by atoms with E-state index in [1.807, 2.05) is 0 Å². The molecule has 2 fully saturated rings. The lowest BCUT2D eigenvalue weighted by atomic mass is 9.62. The number of fused-ring (bicyclic) bond motifs is 1. The SMILES string of the molecule is NC1(C2CCOC3(CCC3)C2)CCCc2ccccc21. The summed E-state index contributed by atoms with van der Waals surface area (Å²) < 4.78 is 6.10.